The van der Waals surface area contributed by atoms with Crippen LogP contribution in [-0.4, -0.2) is 5.91 Å². The number of nitrogens with two attached hydrogens (primary N) is 1. The maximum Gasteiger partial charge on any atom is 0.247 e. The molecule has 3 heteroatoms. The van der Waals surface area contributed by atoms with E-state index in [-0.39, 0.29) is 0 Å². The Morgan fingerprint density at radius 2 is 1.71 bits per heavy atom. The molecule has 2 rings (SSSR count). The SMILES string of the molecule is Cc1cccc(NC(C)(C(N)=O)c2ccc(C)cc2C)c1. The predicted octanol–water partition coefficient (Wildman–Crippen LogP) is 3.42. The van der Waals surface area contributed by atoms with Gasteiger partial charge in [-0.25, -0.2) is 0 Å². The van der Waals surface area contributed by atoms with Gasteiger partial charge in [0.25, 0.3) is 0 Å². The molecule has 0 heterocycles. The second-order valence-electron chi connectivity index (χ2n) is 5.80. The third-order valence-electron chi connectivity index (χ3n) is 3.83. The van der Waals surface area contributed by atoms with E-state index in [0.717, 1.165) is 22.4 Å². The van der Waals surface area contributed by atoms with Crippen LogP contribution >= 0.6 is 0 Å². The van der Waals surface area contributed by atoms with Gasteiger partial charge >= 0.3 is 0 Å². The third kappa shape index (κ3) is 3.07. The van der Waals surface area contributed by atoms with Gasteiger partial charge in [0.05, 0.1) is 0 Å². The van der Waals surface area contributed by atoms with Crippen molar-refractivity contribution in [2.45, 2.75) is 33.2 Å². The van der Waals surface area contributed by atoms with Crippen molar-refractivity contribution in [2.75, 3.05) is 5.32 Å². The molecular formula is C18H22N2O. The van der Waals surface area contributed by atoms with Crippen molar-refractivity contribution < 1.29 is 4.79 Å². The fourth-order valence-corrected chi connectivity index (χ4v) is 2.65. The molecule has 0 bridgehead atoms. The van der Waals surface area contributed by atoms with E-state index in [0.29, 0.717) is 0 Å². The fourth-order valence-electron chi connectivity index (χ4n) is 2.65. The molecule has 1 amide bonds. The number of carbonyl (C=O) groups is 1. The first-order chi connectivity index (χ1) is 9.83. The minimum absolute atomic E-state index is 0.393. The van der Waals surface area contributed by atoms with Gasteiger partial charge in [-0.05, 0) is 56.5 Å². The Kier molecular flexibility index (Phi) is 4.03. The number of primary amides is 1. The third-order valence-corrected chi connectivity index (χ3v) is 3.83. The van der Waals surface area contributed by atoms with Crippen molar-refractivity contribution in [1.29, 1.82) is 0 Å². The van der Waals surface area contributed by atoms with Crippen LogP contribution in [0.25, 0.3) is 0 Å². The van der Waals surface area contributed by atoms with Crippen molar-refractivity contribution >= 4 is 11.6 Å². The van der Waals surface area contributed by atoms with Gasteiger partial charge in [0.1, 0.15) is 5.54 Å². The van der Waals surface area contributed by atoms with E-state index in [1.165, 1.54) is 5.56 Å². The van der Waals surface area contributed by atoms with Crippen LogP contribution in [0.5, 0.6) is 0 Å². The molecule has 1 atom stereocenters. The highest BCUT2D eigenvalue weighted by Crippen LogP contribution is 2.29. The van der Waals surface area contributed by atoms with E-state index in [4.69, 9.17) is 5.73 Å². The van der Waals surface area contributed by atoms with Gasteiger partial charge in [-0.3, -0.25) is 4.79 Å². The molecule has 3 nitrogen and oxygen atoms in total. The summed E-state index contributed by atoms with van der Waals surface area (Å²) >= 11 is 0. The second kappa shape index (κ2) is 5.60. The number of nitrogens with one attached hydrogen (secondary N) is 1. The minimum atomic E-state index is -0.939. The van der Waals surface area contributed by atoms with Crippen molar-refractivity contribution in [3.8, 4) is 0 Å². The quantitative estimate of drug-likeness (QED) is 0.902. The van der Waals surface area contributed by atoms with E-state index < -0.39 is 11.4 Å². The zero-order valence-electron chi connectivity index (χ0n) is 13.0. The number of rotatable bonds is 4. The summed E-state index contributed by atoms with van der Waals surface area (Å²) in [5, 5.41) is 3.30. The van der Waals surface area contributed by atoms with E-state index in [2.05, 4.69) is 11.4 Å². The molecule has 2 aromatic rings. The zero-order valence-corrected chi connectivity index (χ0v) is 13.0. The molecule has 21 heavy (non-hydrogen) atoms. The number of benzene rings is 2. The Hall–Kier alpha value is -2.29. The summed E-state index contributed by atoms with van der Waals surface area (Å²) in [7, 11) is 0. The smallest absolute Gasteiger partial charge is 0.247 e. The normalized spacial score (nSPS) is 13.5. The lowest BCUT2D eigenvalue weighted by Crippen LogP contribution is -2.45. The van der Waals surface area contributed by atoms with Gasteiger partial charge in [-0.1, -0.05) is 35.9 Å². The first kappa shape index (κ1) is 15.1. The summed E-state index contributed by atoms with van der Waals surface area (Å²) in [5.74, 6) is -0.393. The van der Waals surface area contributed by atoms with Crippen molar-refractivity contribution in [3.05, 3.63) is 64.7 Å². The fraction of sp³-hybridized carbons (Fsp3) is 0.278. The summed E-state index contributed by atoms with van der Waals surface area (Å²) in [6, 6.07) is 14.0. The van der Waals surface area contributed by atoms with Gasteiger partial charge in [0.15, 0.2) is 0 Å². The topological polar surface area (TPSA) is 55.1 Å². The molecule has 0 aliphatic carbocycles. The molecule has 0 saturated carbocycles. The monoisotopic (exact) mass is 282 g/mol. The van der Waals surface area contributed by atoms with E-state index in [1.54, 1.807) is 0 Å². The predicted molar refractivity (Wildman–Crippen MR) is 87.3 cm³/mol. The highest BCUT2D eigenvalue weighted by Gasteiger charge is 2.34. The first-order valence-electron chi connectivity index (χ1n) is 7.05. The highest BCUT2D eigenvalue weighted by atomic mass is 16.1. The molecule has 110 valence electrons. The van der Waals surface area contributed by atoms with Crippen LogP contribution in [0.3, 0.4) is 0 Å². The molecule has 1 unspecified atom stereocenters. The number of carbonyl (C=O) groups excluding carboxylic acids is 1. The van der Waals surface area contributed by atoms with Gasteiger partial charge in [0.2, 0.25) is 5.91 Å². The summed E-state index contributed by atoms with van der Waals surface area (Å²) in [6.45, 7) is 7.88. The van der Waals surface area contributed by atoms with Crippen LogP contribution in [0.1, 0.15) is 29.2 Å². The van der Waals surface area contributed by atoms with Crippen molar-refractivity contribution in [3.63, 3.8) is 0 Å². The zero-order chi connectivity index (χ0) is 15.6. The molecule has 3 N–H and O–H groups in total. The van der Waals surface area contributed by atoms with E-state index in [9.17, 15) is 4.79 Å². The van der Waals surface area contributed by atoms with E-state index >= 15 is 0 Å². The number of hydrogen-bond acceptors (Lipinski definition) is 2. The molecular weight excluding hydrogens is 260 g/mol. The average Bonchev–Trinajstić information content (AvgIpc) is 2.38. The summed E-state index contributed by atoms with van der Waals surface area (Å²) in [6.07, 6.45) is 0. The molecule has 0 aromatic heterocycles. The highest BCUT2D eigenvalue weighted by molar-refractivity contribution is 5.89. The van der Waals surface area contributed by atoms with Crippen molar-refractivity contribution in [1.82, 2.24) is 0 Å². The lowest BCUT2D eigenvalue weighted by Gasteiger charge is -2.31. The Morgan fingerprint density at radius 3 is 2.29 bits per heavy atom. The molecule has 0 fully saturated rings. The Labute approximate surface area is 126 Å². The van der Waals surface area contributed by atoms with E-state index in [1.807, 2.05) is 64.1 Å². The molecule has 0 aliphatic rings. The first-order valence-corrected chi connectivity index (χ1v) is 7.05. The van der Waals surface area contributed by atoms with Crippen LogP contribution in [0.4, 0.5) is 5.69 Å². The maximum absolute atomic E-state index is 12.1. The van der Waals surface area contributed by atoms with Crippen LogP contribution in [-0.2, 0) is 10.3 Å². The lowest BCUT2D eigenvalue weighted by atomic mass is 9.86. The second-order valence-corrected chi connectivity index (χ2v) is 5.80. The molecule has 0 spiro atoms. The van der Waals surface area contributed by atoms with Crippen LogP contribution in [0.15, 0.2) is 42.5 Å². The maximum atomic E-state index is 12.1. The van der Waals surface area contributed by atoms with Crippen LogP contribution in [0, 0.1) is 20.8 Å². The van der Waals surface area contributed by atoms with Gasteiger partial charge < -0.3 is 11.1 Å². The minimum Gasteiger partial charge on any atom is -0.368 e. The summed E-state index contributed by atoms with van der Waals surface area (Å²) in [4.78, 5) is 12.1. The standard InChI is InChI=1S/C18H22N2O/c1-12-6-5-7-15(11-12)20-18(4,17(19)21)16-9-8-13(2)10-14(16)3/h5-11,20H,1-4H3,(H2,19,21). The molecule has 0 aliphatic heterocycles. The Morgan fingerprint density at radius 1 is 1.05 bits per heavy atom. The van der Waals surface area contributed by atoms with Gasteiger partial charge in [-0.2, -0.15) is 0 Å². The molecule has 0 saturated heterocycles. The number of aryl methyl sites for hydroxylation is 3. The number of amides is 1. The van der Waals surface area contributed by atoms with Crippen LogP contribution in [0.2, 0.25) is 0 Å². The summed E-state index contributed by atoms with van der Waals surface area (Å²) < 4.78 is 0. The molecule has 0 radical (unpaired) electrons. The number of hydrogen-bond donors (Lipinski definition) is 2. The lowest BCUT2D eigenvalue weighted by molar-refractivity contribution is -0.122. The Bertz CT molecular complexity index is 679. The molecule has 2 aromatic carbocycles. The Balaban J connectivity index is 2.48. The summed E-state index contributed by atoms with van der Waals surface area (Å²) in [5.41, 5.74) is 9.90. The van der Waals surface area contributed by atoms with Crippen molar-refractivity contribution in [2.24, 2.45) is 5.73 Å². The average molecular weight is 282 g/mol. The van der Waals surface area contributed by atoms with Crippen LogP contribution < -0.4 is 11.1 Å². The van der Waals surface area contributed by atoms with Gasteiger partial charge in [-0.15, -0.1) is 0 Å². The number of anilines is 1. The van der Waals surface area contributed by atoms with Gasteiger partial charge in [0, 0.05) is 5.69 Å². The largest absolute Gasteiger partial charge is 0.368 e.